The van der Waals surface area contributed by atoms with Crippen LogP contribution in [0.2, 0.25) is 0 Å². The lowest BCUT2D eigenvalue weighted by atomic mass is 9.30. The second-order valence-corrected chi connectivity index (χ2v) is 30.2. The number of rotatable bonds is 7. The first-order valence-electron chi connectivity index (χ1n) is 31.1. The van der Waals surface area contributed by atoms with Crippen LogP contribution in [0.25, 0.3) is 0 Å². The third-order valence-corrected chi connectivity index (χ3v) is 20.7. The summed E-state index contributed by atoms with van der Waals surface area (Å²) in [5.41, 5.74) is 20.4. The predicted molar refractivity (Wildman–Crippen MR) is 354 cm³/mol. The fourth-order valence-corrected chi connectivity index (χ4v) is 13.8. The van der Waals surface area contributed by atoms with E-state index in [0.29, 0.717) is 0 Å². The van der Waals surface area contributed by atoms with Crippen molar-refractivity contribution in [2.45, 2.75) is 176 Å². The molecule has 84 heavy (non-hydrogen) atoms. The monoisotopic (exact) mass is 1110 g/mol. The Bertz CT molecular complexity index is 4130. The summed E-state index contributed by atoms with van der Waals surface area (Å²) in [6.07, 6.45) is 2.89. The number of hydrogen-bond donors (Lipinski definition) is 0. The fraction of sp³-hybridized carbons (Fsp3) is 0.360. The second kappa shape index (κ2) is 18.1. The third-order valence-electron chi connectivity index (χ3n) is 20.7. The van der Waals surface area contributed by atoms with Gasteiger partial charge in [0.15, 0.2) is 0 Å². The second-order valence-electron chi connectivity index (χ2n) is 30.2. The van der Waals surface area contributed by atoms with E-state index >= 15 is 0 Å². The van der Waals surface area contributed by atoms with Crippen molar-refractivity contribution in [3.63, 3.8) is 0 Å². The van der Waals surface area contributed by atoms with E-state index in [2.05, 4.69) is 251 Å². The van der Waals surface area contributed by atoms with Gasteiger partial charge < -0.3 is 28.6 Å². The number of nitrogens with zero attached hydrogens (tertiary/aromatic N) is 1. The average molecular weight is 1110 g/mol. The molecule has 424 valence electrons. The first-order valence-corrected chi connectivity index (χ1v) is 31.1. The van der Waals surface area contributed by atoms with Crippen LogP contribution in [0, 0.1) is 0 Å². The largest absolute Gasteiger partial charge is 0.458 e. The summed E-state index contributed by atoms with van der Waals surface area (Å²) in [5, 5.41) is 0. The van der Waals surface area contributed by atoms with Crippen LogP contribution in [-0.2, 0) is 32.5 Å². The zero-order valence-electron chi connectivity index (χ0n) is 52.9. The molecular formula is C75H80B3NO5. The van der Waals surface area contributed by atoms with E-state index in [1.807, 2.05) is 0 Å². The van der Waals surface area contributed by atoms with Crippen molar-refractivity contribution in [2.24, 2.45) is 0 Å². The Morgan fingerprint density at radius 1 is 0.286 bits per heavy atom. The maximum absolute atomic E-state index is 7.55. The topological polar surface area (TPSA) is 49.4 Å². The molecular weight excluding hydrogens is 1030 g/mol. The molecule has 6 nitrogen and oxygen atoms in total. The molecule has 0 radical (unpaired) electrons. The van der Waals surface area contributed by atoms with E-state index in [-0.39, 0.29) is 52.6 Å². The minimum atomic E-state index is -0.251. The zero-order valence-corrected chi connectivity index (χ0v) is 52.9. The Hall–Kier alpha value is -7.25. The fourth-order valence-electron chi connectivity index (χ4n) is 13.8. The minimum absolute atomic E-state index is 0.0176. The quantitative estimate of drug-likeness (QED) is 0.148. The highest BCUT2D eigenvalue weighted by Crippen LogP contribution is 2.49. The number of hydrogen-bond acceptors (Lipinski definition) is 6. The number of ether oxygens (including phenoxy) is 5. The highest BCUT2D eigenvalue weighted by atomic mass is 16.5. The SMILES string of the molecule is CCC(C)(C)c1cc2c3c(c1)Oc1cc4c(cc1B3c1cc(C(C)(C)C)ccc1O2)B1c2cc3c(cc2Oc2cc(C(C)(C)CC)cc(c21)O4)N(c1ccc(C(C)(C)C)cc1)c1cc(C(C)(C)CC)cc2c1B3c1cc(C(C)(C)C)ccc1O2. The number of anilines is 3. The van der Waals surface area contributed by atoms with Crippen molar-refractivity contribution in [3.8, 4) is 57.5 Å². The Balaban J connectivity index is 1.05. The summed E-state index contributed by atoms with van der Waals surface area (Å²) < 4.78 is 36.5. The molecule has 8 aromatic rings. The van der Waals surface area contributed by atoms with Gasteiger partial charge in [-0.05, 0) is 184 Å². The van der Waals surface area contributed by atoms with Crippen LogP contribution >= 0.6 is 0 Å². The van der Waals surface area contributed by atoms with Crippen molar-refractivity contribution in [2.75, 3.05) is 4.90 Å². The lowest BCUT2D eigenvalue weighted by Gasteiger charge is -2.43. The molecule has 0 aliphatic carbocycles. The van der Waals surface area contributed by atoms with E-state index in [9.17, 15) is 0 Å². The van der Waals surface area contributed by atoms with Gasteiger partial charge in [-0.25, -0.2) is 0 Å². The van der Waals surface area contributed by atoms with Crippen LogP contribution in [0.15, 0.2) is 121 Å². The molecule has 0 N–H and O–H groups in total. The van der Waals surface area contributed by atoms with Gasteiger partial charge in [0.1, 0.15) is 57.5 Å². The molecule has 0 fully saturated rings. The smallest absolute Gasteiger partial charge is 0.260 e. The van der Waals surface area contributed by atoms with Gasteiger partial charge in [0.05, 0.1) is 0 Å². The van der Waals surface area contributed by atoms with Crippen molar-refractivity contribution in [1.82, 2.24) is 0 Å². The summed E-state index contributed by atoms with van der Waals surface area (Å²) in [5.74, 6) is 8.52. The lowest BCUT2D eigenvalue weighted by molar-refractivity contribution is 0.441. The zero-order chi connectivity index (χ0) is 59.3. The minimum Gasteiger partial charge on any atom is -0.458 e. The molecule has 6 aliphatic heterocycles. The maximum Gasteiger partial charge on any atom is 0.260 e. The molecule has 6 heterocycles. The van der Waals surface area contributed by atoms with Crippen molar-refractivity contribution in [3.05, 3.63) is 155 Å². The van der Waals surface area contributed by atoms with Crippen LogP contribution in [-0.4, -0.2) is 20.1 Å². The summed E-state index contributed by atoms with van der Waals surface area (Å²) in [7, 11) is 0. The predicted octanol–water partition coefficient (Wildman–Crippen LogP) is 14.5. The summed E-state index contributed by atoms with van der Waals surface area (Å²) in [6, 6.07) is 46.5. The van der Waals surface area contributed by atoms with Gasteiger partial charge in [-0.2, -0.15) is 0 Å². The Morgan fingerprint density at radius 2 is 0.619 bits per heavy atom. The maximum atomic E-state index is 7.55. The molecule has 0 spiro atoms. The van der Waals surface area contributed by atoms with Crippen molar-refractivity contribution < 1.29 is 23.7 Å². The Morgan fingerprint density at radius 3 is 1.02 bits per heavy atom. The first-order chi connectivity index (χ1) is 39.6. The number of benzene rings is 8. The van der Waals surface area contributed by atoms with E-state index in [1.165, 1.54) is 49.8 Å². The molecule has 0 aromatic heterocycles. The molecule has 0 amide bonds. The third kappa shape index (κ3) is 8.27. The summed E-state index contributed by atoms with van der Waals surface area (Å²) in [4.78, 5) is 2.51. The molecule has 0 bridgehead atoms. The number of fused-ring (bicyclic) bond motifs is 12. The molecule has 0 unspecified atom stereocenters. The molecule has 14 rings (SSSR count). The Labute approximate surface area is 500 Å². The Kier molecular flexibility index (Phi) is 11.8. The van der Waals surface area contributed by atoms with Crippen LogP contribution in [0.4, 0.5) is 17.1 Å². The van der Waals surface area contributed by atoms with Crippen molar-refractivity contribution in [1.29, 1.82) is 0 Å². The molecule has 0 saturated carbocycles. The van der Waals surface area contributed by atoms with Gasteiger partial charge in [-0.1, -0.05) is 173 Å². The molecule has 0 saturated heterocycles. The van der Waals surface area contributed by atoms with Gasteiger partial charge >= 0.3 is 0 Å². The van der Waals surface area contributed by atoms with Crippen LogP contribution in [0.1, 0.15) is 177 Å². The molecule has 9 heteroatoms. The van der Waals surface area contributed by atoms with Gasteiger partial charge in [0.2, 0.25) is 0 Å². The summed E-state index contributed by atoms with van der Waals surface area (Å²) in [6.45, 7) is 40.9. The highest BCUT2D eigenvalue weighted by molar-refractivity contribution is 7.02. The van der Waals surface area contributed by atoms with E-state index in [4.69, 9.17) is 23.7 Å². The van der Waals surface area contributed by atoms with E-state index in [0.717, 1.165) is 127 Å². The first kappa shape index (κ1) is 54.7. The molecule has 0 atom stereocenters. The van der Waals surface area contributed by atoms with Crippen molar-refractivity contribution >= 4 is 86.4 Å². The van der Waals surface area contributed by atoms with Gasteiger partial charge in [-0.15, -0.1) is 0 Å². The van der Waals surface area contributed by atoms with Gasteiger partial charge in [0.25, 0.3) is 20.1 Å². The molecule has 6 aliphatic rings. The highest BCUT2D eigenvalue weighted by Gasteiger charge is 2.50. The van der Waals surface area contributed by atoms with E-state index < -0.39 is 0 Å². The van der Waals surface area contributed by atoms with Gasteiger partial charge in [-0.3, -0.25) is 0 Å². The van der Waals surface area contributed by atoms with Gasteiger partial charge in [0, 0.05) is 40.1 Å². The molecule has 8 aromatic carbocycles. The standard InChI is InChI=1S/C75H80B3NO5/c1-19-73(13,14)45-32-56-67-62(33-45)80-57-28-24-43(71(7,8)9)30-50(57)76(67)49-38-52-59(40-55(49)79(56)48-26-22-42(23-27-48)70(4,5)6)82-64-35-47(75(17,18)21-3)37-66-69(64)78(52)54-39-53-60(41-61(54)84-66)83-65-36-46(74(15,16)20-2)34-63-68(65)77(53)51-31-44(72(10,11)12)25-29-58(51)81-63/h22-41H,19-21H2,1-18H3. The van der Waals surface area contributed by atoms with E-state index in [1.54, 1.807) is 0 Å². The summed E-state index contributed by atoms with van der Waals surface area (Å²) >= 11 is 0. The lowest BCUT2D eigenvalue weighted by Crippen LogP contribution is -2.64. The average Bonchev–Trinajstić information content (AvgIpc) is 0.732. The van der Waals surface area contributed by atoms with Crippen LogP contribution < -0.4 is 77.7 Å². The normalized spacial score (nSPS) is 15.1. The van der Waals surface area contributed by atoms with Crippen LogP contribution in [0.5, 0.6) is 57.5 Å². The van der Waals surface area contributed by atoms with Crippen LogP contribution in [0.3, 0.4) is 0 Å².